The van der Waals surface area contributed by atoms with Crippen molar-refractivity contribution in [2.75, 3.05) is 17.2 Å². The normalized spacial score (nSPS) is 21.2. The maximum atomic E-state index is 5.66. The molecule has 1 saturated heterocycles. The highest BCUT2D eigenvalue weighted by Gasteiger charge is 2.20. The molecule has 2 N–H and O–H groups in total. The van der Waals surface area contributed by atoms with E-state index in [1.165, 1.54) is 17.9 Å². The Kier molecular flexibility index (Phi) is 2.05. The molecule has 2 aromatic rings. The third kappa shape index (κ3) is 1.56. The molecule has 1 unspecified atom stereocenters. The number of hydrogen-bond donors (Lipinski definition) is 1. The second kappa shape index (κ2) is 3.41. The van der Waals surface area contributed by atoms with Gasteiger partial charge in [-0.05, 0) is 12.2 Å². The van der Waals surface area contributed by atoms with Crippen LogP contribution in [0.15, 0.2) is 18.5 Å². The van der Waals surface area contributed by atoms with Crippen LogP contribution in [0.5, 0.6) is 0 Å². The van der Waals surface area contributed by atoms with Crippen LogP contribution in [0.2, 0.25) is 0 Å². The highest BCUT2D eigenvalue weighted by molar-refractivity contribution is 7.99. The number of nitrogen functional groups attached to an aromatic ring is 1. The minimum absolute atomic E-state index is 0.595. The lowest BCUT2D eigenvalue weighted by atomic mass is 10.1. The highest BCUT2D eigenvalue weighted by atomic mass is 32.2. The molecule has 2 aromatic heterocycles. The number of nitrogens with two attached hydrogens (primary N) is 1. The SMILES string of the molecule is Nc1cnc2cc(C3CCSC3)nn2c1. The average Bonchev–Trinajstić information content (AvgIpc) is 2.84. The van der Waals surface area contributed by atoms with Gasteiger partial charge in [-0.1, -0.05) is 0 Å². The molecule has 5 heteroatoms. The molecule has 1 atom stereocenters. The van der Waals surface area contributed by atoms with Crippen molar-refractivity contribution in [1.29, 1.82) is 0 Å². The molecule has 0 aliphatic carbocycles. The summed E-state index contributed by atoms with van der Waals surface area (Å²) in [7, 11) is 0. The van der Waals surface area contributed by atoms with E-state index < -0.39 is 0 Å². The van der Waals surface area contributed by atoms with E-state index in [4.69, 9.17) is 5.73 Å². The minimum Gasteiger partial charge on any atom is -0.396 e. The van der Waals surface area contributed by atoms with Gasteiger partial charge >= 0.3 is 0 Å². The maximum absolute atomic E-state index is 5.66. The molecule has 15 heavy (non-hydrogen) atoms. The first-order chi connectivity index (χ1) is 7.33. The molecule has 1 fully saturated rings. The molecular weight excluding hydrogens is 208 g/mol. The van der Waals surface area contributed by atoms with Crippen molar-refractivity contribution in [2.45, 2.75) is 12.3 Å². The largest absolute Gasteiger partial charge is 0.396 e. The summed E-state index contributed by atoms with van der Waals surface area (Å²) < 4.78 is 1.77. The Hall–Kier alpha value is -1.23. The summed E-state index contributed by atoms with van der Waals surface area (Å²) >= 11 is 2.00. The summed E-state index contributed by atoms with van der Waals surface area (Å²) in [6.45, 7) is 0. The molecule has 0 spiro atoms. The zero-order valence-corrected chi connectivity index (χ0v) is 9.07. The van der Waals surface area contributed by atoms with Crippen LogP contribution in [-0.4, -0.2) is 26.1 Å². The van der Waals surface area contributed by atoms with Gasteiger partial charge in [-0.15, -0.1) is 0 Å². The molecule has 78 valence electrons. The van der Waals surface area contributed by atoms with Gasteiger partial charge in [-0.25, -0.2) is 9.50 Å². The third-order valence-corrected chi connectivity index (χ3v) is 3.86. The zero-order chi connectivity index (χ0) is 10.3. The number of rotatable bonds is 1. The summed E-state index contributed by atoms with van der Waals surface area (Å²) in [5, 5.41) is 4.52. The standard InChI is InChI=1S/C10H12N4S/c11-8-4-12-10-3-9(13-14(10)5-8)7-1-2-15-6-7/h3-5,7H,1-2,6,11H2. The fraction of sp³-hybridized carbons (Fsp3) is 0.400. The van der Waals surface area contributed by atoms with Crippen LogP contribution in [0.25, 0.3) is 5.65 Å². The first-order valence-electron chi connectivity index (χ1n) is 5.01. The Bertz CT molecular complexity index is 487. The number of hydrogen-bond acceptors (Lipinski definition) is 4. The van der Waals surface area contributed by atoms with E-state index in [-0.39, 0.29) is 0 Å². The molecule has 3 heterocycles. The van der Waals surface area contributed by atoms with Gasteiger partial charge in [0.2, 0.25) is 0 Å². The monoisotopic (exact) mass is 220 g/mol. The molecule has 3 rings (SSSR count). The highest BCUT2D eigenvalue weighted by Crippen LogP contribution is 2.31. The van der Waals surface area contributed by atoms with Crippen LogP contribution in [0.1, 0.15) is 18.0 Å². The van der Waals surface area contributed by atoms with E-state index >= 15 is 0 Å². The smallest absolute Gasteiger partial charge is 0.155 e. The minimum atomic E-state index is 0.595. The van der Waals surface area contributed by atoms with Gasteiger partial charge in [0, 0.05) is 17.7 Å². The van der Waals surface area contributed by atoms with E-state index in [1.807, 2.05) is 18.0 Å². The van der Waals surface area contributed by atoms with Crippen LogP contribution in [0.3, 0.4) is 0 Å². The molecular formula is C10H12N4S. The van der Waals surface area contributed by atoms with E-state index in [0.717, 1.165) is 11.3 Å². The Morgan fingerprint density at radius 2 is 2.47 bits per heavy atom. The zero-order valence-electron chi connectivity index (χ0n) is 8.26. The van der Waals surface area contributed by atoms with Crippen molar-refractivity contribution >= 4 is 23.1 Å². The van der Waals surface area contributed by atoms with Crippen molar-refractivity contribution in [2.24, 2.45) is 0 Å². The average molecular weight is 220 g/mol. The van der Waals surface area contributed by atoms with E-state index in [2.05, 4.69) is 16.1 Å². The number of thioether (sulfide) groups is 1. The van der Waals surface area contributed by atoms with Crippen LogP contribution in [-0.2, 0) is 0 Å². The molecule has 0 radical (unpaired) electrons. The van der Waals surface area contributed by atoms with E-state index in [9.17, 15) is 0 Å². The van der Waals surface area contributed by atoms with Gasteiger partial charge in [0.05, 0.1) is 23.8 Å². The summed E-state index contributed by atoms with van der Waals surface area (Å²) in [4.78, 5) is 4.24. The topological polar surface area (TPSA) is 56.2 Å². The lowest BCUT2D eigenvalue weighted by molar-refractivity contribution is 0.733. The van der Waals surface area contributed by atoms with Gasteiger partial charge in [0.25, 0.3) is 0 Å². The lowest BCUT2D eigenvalue weighted by Crippen LogP contribution is -1.98. The Balaban J connectivity index is 2.05. The molecule has 1 aliphatic heterocycles. The van der Waals surface area contributed by atoms with Crippen molar-refractivity contribution in [3.05, 3.63) is 24.2 Å². The predicted molar refractivity (Wildman–Crippen MR) is 62.1 cm³/mol. The van der Waals surface area contributed by atoms with Crippen LogP contribution in [0.4, 0.5) is 5.69 Å². The van der Waals surface area contributed by atoms with Crippen molar-refractivity contribution in [1.82, 2.24) is 14.6 Å². The summed E-state index contributed by atoms with van der Waals surface area (Å²) in [6.07, 6.45) is 4.71. The molecule has 0 saturated carbocycles. The quantitative estimate of drug-likeness (QED) is 0.792. The first kappa shape index (κ1) is 9.03. The van der Waals surface area contributed by atoms with Gasteiger partial charge in [0.15, 0.2) is 5.65 Å². The van der Waals surface area contributed by atoms with Crippen molar-refractivity contribution in [3.8, 4) is 0 Å². The Morgan fingerprint density at radius 1 is 1.53 bits per heavy atom. The fourth-order valence-corrected chi connectivity index (χ4v) is 3.12. The van der Waals surface area contributed by atoms with Gasteiger partial charge in [-0.3, -0.25) is 0 Å². The maximum Gasteiger partial charge on any atom is 0.155 e. The second-order valence-electron chi connectivity index (χ2n) is 3.82. The lowest BCUT2D eigenvalue weighted by Gasteiger charge is -2.01. The summed E-state index contributed by atoms with van der Waals surface area (Å²) in [5.41, 5.74) is 8.35. The van der Waals surface area contributed by atoms with E-state index in [0.29, 0.717) is 11.6 Å². The number of nitrogens with zero attached hydrogens (tertiary/aromatic N) is 3. The molecule has 0 aromatic carbocycles. The van der Waals surface area contributed by atoms with E-state index in [1.54, 1.807) is 10.7 Å². The van der Waals surface area contributed by atoms with Crippen molar-refractivity contribution < 1.29 is 0 Å². The molecule has 1 aliphatic rings. The molecule has 4 nitrogen and oxygen atoms in total. The second-order valence-corrected chi connectivity index (χ2v) is 4.97. The van der Waals surface area contributed by atoms with Crippen molar-refractivity contribution in [3.63, 3.8) is 0 Å². The van der Waals surface area contributed by atoms with Crippen LogP contribution in [0, 0.1) is 0 Å². The third-order valence-electron chi connectivity index (χ3n) is 2.70. The van der Waals surface area contributed by atoms with Crippen LogP contribution < -0.4 is 5.73 Å². The fourth-order valence-electron chi connectivity index (χ4n) is 1.88. The predicted octanol–water partition coefficient (Wildman–Crippen LogP) is 1.53. The number of aromatic nitrogens is 3. The van der Waals surface area contributed by atoms with Gasteiger partial charge in [-0.2, -0.15) is 16.9 Å². The van der Waals surface area contributed by atoms with Gasteiger partial charge < -0.3 is 5.73 Å². The first-order valence-corrected chi connectivity index (χ1v) is 6.17. The number of anilines is 1. The Labute approximate surface area is 91.9 Å². The Morgan fingerprint density at radius 3 is 3.27 bits per heavy atom. The molecule has 0 amide bonds. The summed E-state index contributed by atoms with van der Waals surface area (Å²) in [5.74, 6) is 3.02. The van der Waals surface area contributed by atoms with Crippen LogP contribution >= 0.6 is 11.8 Å². The summed E-state index contributed by atoms with van der Waals surface area (Å²) in [6, 6.07) is 2.07. The number of fused-ring (bicyclic) bond motifs is 1. The van der Waals surface area contributed by atoms with Gasteiger partial charge in [0.1, 0.15) is 0 Å². The molecule has 0 bridgehead atoms.